The van der Waals surface area contributed by atoms with Gasteiger partial charge < -0.3 is 10.1 Å². The fourth-order valence-corrected chi connectivity index (χ4v) is 2.41. The van der Waals surface area contributed by atoms with Crippen molar-refractivity contribution < 1.29 is 19.2 Å². The van der Waals surface area contributed by atoms with E-state index in [1.165, 1.54) is 24.3 Å². The normalized spacial score (nSPS) is 13.8. The molecule has 0 bridgehead atoms. The lowest BCUT2D eigenvalue weighted by molar-refractivity contribution is -0.384. The van der Waals surface area contributed by atoms with Crippen molar-refractivity contribution in [1.29, 1.82) is 0 Å². The summed E-state index contributed by atoms with van der Waals surface area (Å²) in [4.78, 5) is 33.4. The third-order valence-corrected chi connectivity index (χ3v) is 3.79. The standard InChI is InChI=1S/C15H19BrN2O5/c1-9(17-14(20)23-15(2,3)4)13(19)12(16)10-5-7-11(8-6-10)18(21)22/h5-9,12H,1-4H3,(H,17,20). The van der Waals surface area contributed by atoms with Crippen LogP contribution in [0, 0.1) is 10.1 Å². The van der Waals surface area contributed by atoms with E-state index in [2.05, 4.69) is 21.2 Å². The van der Waals surface area contributed by atoms with E-state index < -0.39 is 27.5 Å². The predicted molar refractivity (Wildman–Crippen MR) is 88.6 cm³/mol. The Hall–Kier alpha value is -1.96. The summed E-state index contributed by atoms with van der Waals surface area (Å²) in [6.45, 7) is 6.72. The first-order valence-corrected chi connectivity index (χ1v) is 7.84. The number of hydrogen-bond donors (Lipinski definition) is 1. The molecule has 8 heteroatoms. The summed E-state index contributed by atoms with van der Waals surface area (Å²) in [5.74, 6) is -0.287. The number of nitrogens with one attached hydrogen (secondary N) is 1. The number of benzene rings is 1. The monoisotopic (exact) mass is 386 g/mol. The number of alkyl carbamates (subject to hydrolysis) is 1. The minimum atomic E-state index is -0.774. The molecule has 2 unspecified atom stereocenters. The number of halogens is 1. The summed E-state index contributed by atoms with van der Waals surface area (Å²) >= 11 is 3.25. The molecule has 126 valence electrons. The Morgan fingerprint density at radius 1 is 1.26 bits per heavy atom. The molecule has 0 saturated heterocycles. The third-order valence-electron chi connectivity index (χ3n) is 2.81. The van der Waals surface area contributed by atoms with E-state index in [-0.39, 0.29) is 11.5 Å². The molecule has 0 fully saturated rings. The fourth-order valence-electron chi connectivity index (χ4n) is 1.70. The minimum Gasteiger partial charge on any atom is -0.444 e. The molecule has 0 aliphatic heterocycles. The van der Waals surface area contributed by atoms with Gasteiger partial charge >= 0.3 is 6.09 Å². The van der Waals surface area contributed by atoms with E-state index in [1.807, 2.05) is 0 Å². The summed E-state index contributed by atoms with van der Waals surface area (Å²) in [5.41, 5.74) is -0.141. The number of ketones is 1. The largest absolute Gasteiger partial charge is 0.444 e. The number of carbonyl (C=O) groups is 2. The van der Waals surface area contributed by atoms with Crippen LogP contribution < -0.4 is 5.32 Å². The van der Waals surface area contributed by atoms with Crippen molar-refractivity contribution >= 4 is 33.5 Å². The molecule has 23 heavy (non-hydrogen) atoms. The van der Waals surface area contributed by atoms with Gasteiger partial charge in [-0.15, -0.1) is 0 Å². The van der Waals surface area contributed by atoms with Crippen LogP contribution in [0.15, 0.2) is 24.3 Å². The van der Waals surface area contributed by atoms with Crippen LogP contribution >= 0.6 is 15.9 Å². The molecule has 0 aliphatic rings. The average Bonchev–Trinajstić information content (AvgIpc) is 2.43. The van der Waals surface area contributed by atoms with E-state index >= 15 is 0 Å². The average molecular weight is 387 g/mol. The molecule has 1 N–H and O–H groups in total. The Balaban J connectivity index is 2.71. The van der Waals surface area contributed by atoms with Gasteiger partial charge in [0.15, 0.2) is 5.78 Å². The third kappa shape index (κ3) is 5.97. The number of amides is 1. The van der Waals surface area contributed by atoms with E-state index in [4.69, 9.17) is 4.74 Å². The summed E-state index contributed by atoms with van der Waals surface area (Å²) in [6.07, 6.45) is -0.679. The first-order chi connectivity index (χ1) is 10.5. The highest BCUT2D eigenvalue weighted by atomic mass is 79.9. The quantitative estimate of drug-likeness (QED) is 0.474. The highest BCUT2D eigenvalue weighted by Crippen LogP contribution is 2.26. The van der Waals surface area contributed by atoms with Gasteiger partial charge in [0.25, 0.3) is 5.69 Å². The number of nitrogens with zero attached hydrogens (tertiary/aromatic N) is 1. The smallest absolute Gasteiger partial charge is 0.408 e. The Bertz CT molecular complexity index is 595. The summed E-state index contributed by atoms with van der Waals surface area (Å²) < 4.78 is 5.09. The molecule has 7 nitrogen and oxygen atoms in total. The van der Waals surface area contributed by atoms with Crippen molar-refractivity contribution in [2.24, 2.45) is 0 Å². The lowest BCUT2D eigenvalue weighted by Crippen LogP contribution is -2.42. The molecule has 1 rings (SSSR count). The highest BCUT2D eigenvalue weighted by molar-refractivity contribution is 9.09. The Morgan fingerprint density at radius 3 is 2.22 bits per heavy atom. The second kappa shape index (κ2) is 7.54. The van der Waals surface area contributed by atoms with Crippen LogP contribution in [-0.4, -0.2) is 28.4 Å². The van der Waals surface area contributed by atoms with Gasteiger partial charge in [-0.1, -0.05) is 28.1 Å². The SMILES string of the molecule is CC(NC(=O)OC(C)(C)C)C(=O)C(Br)c1ccc([N+](=O)[O-])cc1. The molecular formula is C15H19BrN2O5. The molecular weight excluding hydrogens is 368 g/mol. The Kier molecular flexibility index (Phi) is 6.26. The first kappa shape index (κ1) is 19.1. The number of nitro benzene ring substituents is 1. The molecule has 0 saturated carbocycles. The van der Waals surface area contributed by atoms with Crippen molar-refractivity contribution in [3.63, 3.8) is 0 Å². The summed E-state index contributed by atoms with van der Waals surface area (Å²) in [5, 5.41) is 13.1. The van der Waals surface area contributed by atoms with Crippen molar-refractivity contribution in [3.8, 4) is 0 Å². The van der Waals surface area contributed by atoms with Gasteiger partial charge in [-0.05, 0) is 33.3 Å². The molecule has 0 spiro atoms. The molecule has 2 atom stereocenters. The number of hydrogen-bond acceptors (Lipinski definition) is 5. The van der Waals surface area contributed by atoms with Gasteiger partial charge in [-0.25, -0.2) is 4.79 Å². The number of ether oxygens (including phenoxy) is 1. The van der Waals surface area contributed by atoms with Gasteiger partial charge in [-0.3, -0.25) is 14.9 Å². The van der Waals surface area contributed by atoms with Crippen molar-refractivity contribution in [1.82, 2.24) is 5.32 Å². The topological polar surface area (TPSA) is 98.5 Å². The Morgan fingerprint density at radius 2 is 1.78 bits per heavy atom. The molecule has 0 aliphatic carbocycles. The molecule has 1 aromatic carbocycles. The van der Waals surface area contributed by atoms with Gasteiger partial charge in [0, 0.05) is 12.1 Å². The van der Waals surface area contributed by atoms with Crippen LogP contribution in [0.5, 0.6) is 0 Å². The van der Waals surface area contributed by atoms with Gasteiger partial charge in [0.05, 0.1) is 11.0 Å². The van der Waals surface area contributed by atoms with Crippen molar-refractivity contribution in [3.05, 3.63) is 39.9 Å². The second-order valence-corrected chi connectivity index (χ2v) is 6.90. The summed E-state index contributed by atoms with van der Waals surface area (Å²) in [6, 6.07) is 4.86. The van der Waals surface area contributed by atoms with Crippen molar-refractivity contribution in [2.75, 3.05) is 0 Å². The van der Waals surface area contributed by atoms with Crippen LogP contribution in [0.3, 0.4) is 0 Å². The molecule has 0 heterocycles. The maximum atomic E-state index is 12.3. The molecule has 1 aromatic rings. The van der Waals surface area contributed by atoms with E-state index in [0.29, 0.717) is 5.56 Å². The number of nitro groups is 1. The first-order valence-electron chi connectivity index (χ1n) is 6.93. The Labute approximate surface area is 142 Å². The lowest BCUT2D eigenvalue weighted by atomic mass is 10.0. The van der Waals surface area contributed by atoms with Crippen LogP contribution in [0.1, 0.15) is 38.1 Å². The predicted octanol–water partition coefficient (Wildman–Crippen LogP) is 3.51. The van der Waals surface area contributed by atoms with Gasteiger partial charge in [0.1, 0.15) is 10.4 Å². The number of rotatable bonds is 5. The minimum absolute atomic E-state index is 0.0548. The number of non-ortho nitro benzene ring substituents is 1. The van der Waals surface area contributed by atoms with Crippen molar-refractivity contribution in [2.45, 2.75) is 44.2 Å². The van der Waals surface area contributed by atoms with E-state index in [9.17, 15) is 19.7 Å². The zero-order chi connectivity index (χ0) is 17.8. The van der Waals surface area contributed by atoms with Gasteiger partial charge in [0.2, 0.25) is 0 Å². The van der Waals surface area contributed by atoms with E-state index in [1.54, 1.807) is 27.7 Å². The van der Waals surface area contributed by atoms with Gasteiger partial charge in [-0.2, -0.15) is 0 Å². The number of carbonyl (C=O) groups excluding carboxylic acids is 2. The van der Waals surface area contributed by atoms with Crippen LogP contribution in [0.25, 0.3) is 0 Å². The fraction of sp³-hybridized carbons (Fsp3) is 0.467. The zero-order valence-electron chi connectivity index (χ0n) is 13.3. The number of alkyl halides is 1. The van der Waals surface area contributed by atoms with E-state index in [0.717, 1.165) is 0 Å². The summed E-state index contributed by atoms with van der Waals surface area (Å²) in [7, 11) is 0. The maximum Gasteiger partial charge on any atom is 0.408 e. The highest BCUT2D eigenvalue weighted by Gasteiger charge is 2.26. The van der Waals surface area contributed by atoms with Crippen LogP contribution in [0.2, 0.25) is 0 Å². The number of Topliss-reactive ketones (excluding diaryl/α,β-unsaturated/α-hetero) is 1. The zero-order valence-corrected chi connectivity index (χ0v) is 14.9. The molecule has 0 aromatic heterocycles. The maximum absolute atomic E-state index is 12.3. The molecule has 1 amide bonds. The lowest BCUT2D eigenvalue weighted by Gasteiger charge is -2.22. The van der Waals surface area contributed by atoms with Crippen LogP contribution in [-0.2, 0) is 9.53 Å². The molecule has 0 radical (unpaired) electrons. The van der Waals surface area contributed by atoms with Crippen LogP contribution in [0.4, 0.5) is 10.5 Å². The second-order valence-electron chi connectivity index (χ2n) is 5.98.